The lowest BCUT2D eigenvalue weighted by Crippen LogP contribution is -2.31. The minimum Gasteiger partial charge on any atom is -0.343 e. The van der Waals surface area contributed by atoms with E-state index in [4.69, 9.17) is 9.47 Å². The number of carbonyl (C=O) groups excluding carboxylic acids is 2. The van der Waals surface area contributed by atoms with Crippen LogP contribution in [0.15, 0.2) is 61.2 Å². The normalized spacial score (nSPS) is 15.7. The van der Waals surface area contributed by atoms with E-state index in [9.17, 15) is 9.59 Å². The molecule has 0 bridgehead atoms. The van der Waals surface area contributed by atoms with Crippen molar-refractivity contribution >= 4 is 17.6 Å². The van der Waals surface area contributed by atoms with Crippen LogP contribution < -0.4 is 0 Å². The second kappa shape index (κ2) is 7.55. The Hall–Kier alpha value is -2.56. The van der Waals surface area contributed by atoms with Crippen LogP contribution in [0.1, 0.15) is 34.3 Å². The molecule has 0 atom stereocenters. The lowest BCUT2D eigenvalue weighted by molar-refractivity contribution is -0.175. The topological polar surface area (TPSA) is 52.6 Å². The van der Waals surface area contributed by atoms with Crippen molar-refractivity contribution in [3.05, 3.63) is 77.9 Å². The minimum absolute atomic E-state index is 0.0213. The van der Waals surface area contributed by atoms with Crippen molar-refractivity contribution < 1.29 is 19.1 Å². The van der Waals surface area contributed by atoms with Crippen LogP contribution in [0, 0.1) is 0 Å². The van der Waals surface area contributed by atoms with Gasteiger partial charge in [0.15, 0.2) is 5.78 Å². The van der Waals surface area contributed by atoms with Crippen LogP contribution in [-0.2, 0) is 20.1 Å². The van der Waals surface area contributed by atoms with E-state index in [1.807, 2.05) is 30.3 Å². The summed E-state index contributed by atoms with van der Waals surface area (Å²) in [5.41, 5.74) is 2.24. The summed E-state index contributed by atoms with van der Waals surface area (Å²) in [4.78, 5) is 24.8. The number of benzene rings is 2. The molecule has 1 saturated heterocycles. The van der Waals surface area contributed by atoms with Crippen molar-refractivity contribution in [3.63, 3.8) is 0 Å². The third-order valence-corrected chi connectivity index (χ3v) is 4.22. The lowest BCUT2D eigenvalue weighted by Gasteiger charge is -2.27. The van der Waals surface area contributed by atoms with Crippen molar-refractivity contribution in [2.75, 3.05) is 13.2 Å². The molecule has 4 heteroatoms. The standard InChI is InChI=1S/C21H20O4/c1-2-16-8-10-17(11-9-16)20(23)14-19(22)15-21(24-12-13-25-21)18-6-4-3-5-7-18/h2-11H,1,12-15H2. The zero-order valence-corrected chi connectivity index (χ0v) is 13.9. The monoisotopic (exact) mass is 336 g/mol. The highest BCUT2D eigenvalue weighted by Gasteiger charge is 2.40. The largest absolute Gasteiger partial charge is 0.343 e. The number of ether oxygens (including phenoxy) is 2. The molecule has 0 N–H and O–H groups in total. The first kappa shape index (κ1) is 17.3. The van der Waals surface area contributed by atoms with Crippen LogP contribution in [0.3, 0.4) is 0 Å². The maximum Gasteiger partial charge on any atom is 0.202 e. The molecule has 25 heavy (non-hydrogen) atoms. The number of carbonyl (C=O) groups is 2. The van der Waals surface area contributed by atoms with Crippen LogP contribution >= 0.6 is 0 Å². The summed E-state index contributed by atoms with van der Waals surface area (Å²) >= 11 is 0. The maximum absolute atomic E-state index is 12.5. The van der Waals surface area contributed by atoms with Crippen LogP contribution in [0.5, 0.6) is 0 Å². The SMILES string of the molecule is C=Cc1ccc(C(=O)CC(=O)CC2(c3ccccc3)OCCO2)cc1. The van der Waals surface area contributed by atoms with Crippen molar-refractivity contribution in [1.82, 2.24) is 0 Å². The number of ketones is 2. The van der Waals surface area contributed by atoms with E-state index in [0.717, 1.165) is 11.1 Å². The van der Waals surface area contributed by atoms with Crippen molar-refractivity contribution in [3.8, 4) is 0 Å². The van der Waals surface area contributed by atoms with Gasteiger partial charge in [-0.2, -0.15) is 0 Å². The summed E-state index contributed by atoms with van der Waals surface area (Å²) in [5.74, 6) is -1.49. The van der Waals surface area contributed by atoms with Gasteiger partial charge >= 0.3 is 0 Å². The molecule has 0 spiro atoms. The van der Waals surface area contributed by atoms with Crippen LogP contribution in [0.4, 0.5) is 0 Å². The quantitative estimate of drug-likeness (QED) is 0.571. The van der Waals surface area contributed by atoms with E-state index in [1.165, 1.54) is 0 Å². The molecule has 1 fully saturated rings. The van der Waals surface area contributed by atoms with Gasteiger partial charge in [0.2, 0.25) is 5.79 Å². The zero-order chi connectivity index (χ0) is 17.7. The van der Waals surface area contributed by atoms with E-state index < -0.39 is 5.79 Å². The van der Waals surface area contributed by atoms with Crippen LogP contribution in [-0.4, -0.2) is 24.8 Å². The summed E-state index contributed by atoms with van der Waals surface area (Å²) < 4.78 is 11.5. The van der Waals surface area contributed by atoms with E-state index >= 15 is 0 Å². The minimum atomic E-state index is -1.08. The average Bonchev–Trinajstić information content (AvgIpc) is 3.12. The number of hydrogen-bond donors (Lipinski definition) is 0. The third-order valence-electron chi connectivity index (χ3n) is 4.22. The van der Waals surface area contributed by atoms with E-state index in [2.05, 4.69) is 6.58 Å². The van der Waals surface area contributed by atoms with Crippen LogP contribution in [0.2, 0.25) is 0 Å². The molecule has 0 aromatic heterocycles. The fraction of sp³-hybridized carbons (Fsp3) is 0.238. The number of rotatable bonds is 7. The van der Waals surface area contributed by atoms with Gasteiger partial charge < -0.3 is 9.47 Å². The molecule has 0 amide bonds. The van der Waals surface area contributed by atoms with Gasteiger partial charge in [-0.25, -0.2) is 0 Å². The van der Waals surface area contributed by atoms with Gasteiger partial charge in [-0.05, 0) is 5.56 Å². The van der Waals surface area contributed by atoms with Gasteiger partial charge in [0, 0.05) is 11.1 Å². The molecule has 1 heterocycles. The Labute approximate surface area is 147 Å². The Morgan fingerprint density at radius 3 is 2.24 bits per heavy atom. The van der Waals surface area contributed by atoms with E-state index in [1.54, 1.807) is 30.3 Å². The van der Waals surface area contributed by atoms with Gasteiger partial charge in [-0.1, -0.05) is 67.3 Å². The Bertz CT molecular complexity index is 756. The summed E-state index contributed by atoms with van der Waals surface area (Å²) in [6.45, 7) is 4.54. The molecule has 2 aromatic carbocycles. The molecule has 4 nitrogen and oxygen atoms in total. The molecule has 0 unspecified atom stereocenters. The molecule has 0 saturated carbocycles. The first-order chi connectivity index (χ1) is 12.1. The molecular weight excluding hydrogens is 316 g/mol. The van der Waals surface area contributed by atoms with Crippen molar-refractivity contribution in [2.45, 2.75) is 18.6 Å². The van der Waals surface area contributed by atoms with Crippen molar-refractivity contribution in [2.24, 2.45) is 0 Å². The number of Topliss-reactive ketones (excluding diaryl/α,β-unsaturated/α-hetero) is 2. The summed E-state index contributed by atoms with van der Waals surface area (Å²) in [6, 6.07) is 16.4. The van der Waals surface area contributed by atoms with Crippen LogP contribution in [0.25, 0.3) is 6.08 Å². The smallest absolute Gasteiger partial charge is 0.202 e. The third kappa shape index (κ3) is 3.92. The highest BCUT2D eigenvalue weighted by molar-refractivity contribution is 6.08. The van der Waals surface area contributed by atoms with Crippen molar-refractivity contribution in [1.29, 1.82) is 0 Å². The molecule has 128 valence electrons. The Morgan fingerprint density at radius 1 is 1.00 bits per heavy atom. The predicted molar refractivity (Wildman–Crippen MR) is 95.1 cm³/mol. The number of hydrogen-bond acceptors (Lipinski definition) is 4. The lowest BCUT2D eigenvalue weighted by atomic mass is 9.96. The summed E-state index contributed by atoms with van der Waals surface area (Å²) in [5, 5.41) is 0. The Balaban J connectivity index is 1.69. The molecule has 2 aromatic rings. The summed E-state index contributed by atoms with van der Waals surface area (Å²) in [7, 11) is 0. The van der Waals surface area contributed by atoms with E-state index in [0.29, 0.717) is 18.8 Å². The predicted octanol–water partition coefficient (Wildman–Crippen LogP) is 3.76. The first-order valence-electron chi connectivity index (χ1n) is 8.24. The fourth-order valence-corrected chi connectivity index (χ4v) is 2.93. The molecule has 0 aliphatic carbocycles. The first-order valence-corrected chi connectivity index (χ1v) is 8.24. The fourth-order valence-electron chi connectivity index (χ4n) is 2.93. The molecule has 3 rings (SSSR count). The highest BCUT2D eigenvalue weighted by atomic mass is 16.7. The van der Waals surface area contributed by atoms with Gasteiger partial charge in [-0.15, -0.1) is 0 Å². The summed E-state index contributed by atoms with van der Waals surface area (Å²) in [6.07, 6.45) is 1.56. The average molecular weight is 336 g/mol. The van der Waals surface area contributed by atoms with E-state index in [-0.39, 0.29) is 24.4 Å². The van der Waals surface area contributed by atoms with Gasteiger partial charge in [0.05, 0.1) is 26.1 Å². The maximum atomic E-state index is 12.5. The molecular formula is C21H20O4. The highest BCUT2D eigenvalue weighted by Crippen LogP contribution is 2.35. The molecule has 0 radical (unpaired) electrons. The molecule has 1 aliphatic rings. The zero-order valence-electron chi connectivity index (χ0n) is 13.9. The molecule has 1 aliphatic heterocycles. The Kier molecular flexibility index (Phi) is 5.22. The second-order valence-corrected chi connectivity index (χ2v) is 5.96. The van der Waals surface area contributed by atoms with Gasteiger partial charge in [-0.3, -0.25) is 9.59 Å². The van der Waals surface area contributed by atoms with Gasteiger partial charge in [0.1, 0.15) is 5.78 Å². The van der Waals surface area contributed by atoms with Gasteiger partial charge in [0.25, 0.3) is 0 Å². The Morgan fingerprint density at radius 2 is 1.64 bits per heavy atom. The second-order valence-electron chi connectivity index (χ2n) is 5.96.